The lowest BCUT2D eigenvalue weighted by Crippen LogP contribution is -1.95. The molecule has 0 saturated carbocycles. The zero-order valence-corrected chi connectivity index (χ0v) is 9.02. The van der Waals surface area contributed by atoms with Gasteiger partial charge in [0.05, 0.1) is 11.4 Å². The minimum absolute atomic E-state index is 0. The Hall–Kier alpha value is -1.24. The molecule has 14 heavy (non-hydrogen) atoms. The van der Waals surface area contributed by atoms with Gasteiger partial charge in [-0.15, -0.1) is 30.2 Å². The molecule has 0 aromatic carbocycles. The van der Waals surface area contributed by atoms with E-state index in [1.54, 1.807) is 17.5 Å². The molecule has 0 aliphatic rings. The molecule has 0 amide bonds. The SMILES string of the molecule is C#CCn1ccnc1-c1cccs1.Cl. The topological polar surface area (TPSA) is 17.8 Å². The van der Waals surface area contributed by atoms with Crippen molar-refractivity contribution in [3.63, 3.8) is 0 Å². The van der Waals surface area contributed by atoms with Gasteiger partial charge < -0.3 is 4.57 Å². The fourth-order valence-corrected chi connectivity index (χ4v) is 1.90. The molecule has 0 N–H and O–H groups in total. The average molecular weight is 225 g/mol. The van der Waals surface area contributed by atoms with E-state index in [-0.39, 0.29) is 12.4 Å². The molecule has 72 valence electrons. The van der Waals surface area contributed by atoms with E-state index in [0.717, 1.165) is 10.7 Å². The standard InChI is InChI=1S/C10H8N2S.ClH/c1-2-6-12-7-5-11-10(12)9-4-3-8-13-9;/h1,3-5,7-8H,6H2;1H. The van der Waals surface area contributed by atoms with Gasteiger partial charge in [0.2, 0.25) is 0 Å². The molecule has 0 aliphatic carbocycles. The molecule has 2 rings (SSSR count). The molecule has 2 aromatic heterocycles. The van der Waals surface area contributed by atoms with Crippen LogP contribution in [0.15, 0.2) is 29.9 Å². The Bertz CT molecular complexity index is 425. The maximum atomic E-state index is 5.25. The van der Waals surface area contributed by atoms with E-state index in [1.807, 2.05) is 28.3 Å². The van der Waals surface area contributed by atoms with Gasteiger partial charge in [-0.3, -0.25) is 0 Å². The fraction of sp³-hybridized carbons (Fsp3) is 0.100. The quantitative estimate of drug-likeness (QED) is 0.718. The second-order valence-electron chi connectivity index (χ2n) is 2.56. The smallest absolute Gasteiger partial charge is 0.150 e. The van der Waals surface area contributed by atoms with Gasteiger partial charge in [-0.05, 0) is 11.4 Å². The summed E-state index contributed by atoms with van der Waals surface area (Å²) in [6, 6.07) is 4.05. The van der Waals surface area contributed by atoms with Crippen LogP contribution >= 0.6 is 23.7 Å². The van der Waals surface area contributed by atoms with E-state index in [1.165, 1.54) is 0 Å². The Labute approximate surface area is 93.0 Å². The molecule has 4 heteroatoms. The van der Waals surface area contributed by atoms with Crippen LogP contribution in [0.4, 0.5) is 0 Å². The first-order chi connectivity index (χ1) is 6.42. The van der Waals surface area contributed by atoms with Crippen LogP contribution < -0.4 is 0 Å². The highest BCUT2D eigenvalue weighted by molar-refractivity contribution is 7.13. The third kappa shape index (κ3) is 1.98. The van der Waals surface area contributed by atoms with Crippen molar-refractivity contribution >= 4 is 23.7 Å². The normalized spacial score (nSPS) is 9.07. The van der Waals surface area contributed by atoms with Crippen molar-refractivity contribution in [1.82, 2.24) is 9.55 Å². The summed E-state index contributed by atoms with van der Waals surface area (Å²) in [7, 11) is 0. The predicted octanol–water partition coefficient (Wildman–Crippen LogP) is 2.67. The predicted molar refractivity (Wildman–Crippen MR) is 61.6 cm³/mol. The zero-order chi connectivity index (χ0) is 9.10. The van der Waals surface area contributed by atoms with Gasteiger partial charge in [-0.2, -0.15) is 0 Å². The van der Waals surface area contributed by atoms with Gasteiger partial charge in [-0.1, -0.05) is 12.0 Å². The third-order valence-electron chi connectivity index (χ3n) is 1.72. The number of terminal acetylenes is 1. The van der Waals surface area contributed by atoms with E-state index in [0.29, 0.717) is 6.54 Å². The Balaban J connectivity index is 0.000000980. The Morgan fingerprint density at radius 1 is 1.57 bits per heavy atom. The Kier molecular flexibility index (Phi) is 3.75. The fourth-order valence-electron chi connectivity index (χ4n) is 1.17. The van der Waals surface area contributed by atoms with Gasteiger partial charge in [-0.25, -0.2) is 4.98 Å². The molecule has 0 radical (unpaired) electrons. The highest BCUT2D eigenvalue weighted by Crippen LogP contribution is 2.22. The summed E-state index contributed by atoms with van der Waals surface area (Å²) in [6.45, 7) is 0.577. The number of thiophene rings is 1. The molecule has 0 aliphatic heterocycles. The summed E-state index contributed by atoms with van der Waals surface area (Å²) in [5.41, 5.74) is 0. The molecule has 0 atom stereocenters. The van der Waals surface area contributed by atoms with Gasteiger partial charge in [0, 0.05) is 12.4 Å². The highest BCUT2D eigenvalue weighted by Gasteiger charge is 2.04. The Morgan fingerprint density at radius 2 is 2.43 bits per heavy atom. The van der Waals surface area contributed by atoms with Crippen molar-refractivity contribution in [2.45, 2.75) is 6.54 Å². The average Bonchev–Trinajstić information content (AvgIpc) is 2.71. The van der Waals surface area contributed by atoms with Crippen molar-refractivity contribution < 1.29 is 0 Å². The lowest BCUT2D eigenvalue weighted by molar-refractivity contribution is 0.853. The lowest BCUT2D eigenvalue weighted by atomic mass is 10.4. The molecule has 0 spiro atoms. The van der Waals surface area contributed by atoms with Crippen LogP contribution in [-0.4, -0.2) is 9.55 Å². The van der Waals surface area contributed by atoms with Gasteiger partial charge in [0.15, 0.2) is 5.82 Å². The molecule has 0 bridgehead atoms. The Morgan fingerprint density at radius 3 is 3.07 bits per heavy atom. The first kappa shape index (κ1) is 10.8. The molecule has 2 heterocycles. The first-order valence-corrected chi connectivity index (χ1v) is 4.78. The molecule has 0 fully saturated rings. The lowest BCUT2D eigenvalue weighted by Gasteiger charge is -1.99. The number of hydrogen-bond acceptors (Lipinski definition) is 2. The first-order valence-electron chi connectivity index (χ1n) is 3.90. The number of halogens is 1. The van der Waals surface area contributed by atoms with E-state index < -0.39 is 0 Å². The number of nitrogens with zero attached hydrogens (tertiary/aromatic N) is 2. The maximum Gasteiger partial charge on any atom is 0.150 e. The second kappa shape index (κ2) is 4.85. The minimum Gasteiger partial charge on any atom is -0.319 e. The van der Waals surface area contributed by atoms with Crippen molar-refractivity contribution in [2.75, 3.05) is 0 Å². The summed E-state index contributed by atoms with van der Waals surface area (Å²) in [6.07, 6.45) is 8.91. The van der Waals surface area contributed by atoms with E-state index in [9.17, 15) is 0 Å². The number of rotatable bonds is 2. The van der Waals surface area contributed by atoms with Crippen LogP contribution in [0.25, 0.3) is 10.7 Å². The molecular formula is C10H9ClN2S. The van der Waals surface area contributed by atoms with Crippen molar-refractivity contribution in [3.05, 3.63) is 29.9 Å². The second-order valence-corrected chi connectivity index (χ2v) is 3.51. The van der Waals surface area contributed by atoms with Gasteiger partial charge in [0.25, 0.3) is 0 Å². The highest BCUT2D eigenvalue weighted by atomic mass is 35.5. The third-order valence-corrected chi connectivity index (χ3v) is 2.58. The monoisotopic (exact) mass is 224 g/mol. The summed E-state index contributed by atoms with van der Waals surface area (Å²) >= 11 is 1.67. The van der Waals surface area contributed by atoms with E-state index >= 15 is 0 Å². The minimum atomic E-state index is 0. The zero-order valence-electron chi connectivity index (χ0n) is 7.38. The van der Waals surface area contributed by atoms with Crippen molar-refractivity contribution in [3.8, 4) is 23.0 Å². The van der Waals surface area contributed by atoms with Gasteiger partial charge >= 0.3 is 0 Å². The molecular weight excluding hydrogens is 216 g/mol. The molecule has 2 nitrogen and oxygen atoms in total. The summed E-state index contributed by atoms with van der Waals surface area (Å²) < 4.78 is 1.96. The number of aromatic nitrogens is 2. The van der Waals surface area contributed by atoms with Crippen molar-refractivity contribution in [2.24, 2.45) is 0 Å². The van der Waals surface area contributed by atoms with E-state index in [2.05, 4.69) is 10.9 Å². The number of hydrogen-bond donors (Lipinski definition) is 0. The van der Waals surface area contributed by atoms with Gasteiger partial charge in [0.1, 0.15) is 0 Å². The van der Waals surface area contributed by atoms with Crippen LogP contribution in [0.3, 0.4) is 0 Å². The summed E-state index contributed by atoms with van der Waals surface area (Å²) in [4.78, 5) is 5.41. The van der Waals surface area contributed by atoms with Crippen LogP contribution in [-0.2, 0) is 6.54 Å². The summed E-state index contributed by atoms with van der Waals surface area (Å²) in [5.74, 6) is 3.55. The van der Waals surface area contributed by atoms with Crippen LogP contribution in [0.2, 0.25) is 0 Å². The van der Waals surface area contributed by atoms with Crippen LogP contribution in [0.1, 0.15) is 0 Å². The molecule has 0 saturated heterocycles. The summed E-state index contributed by atoms with van der Waals surface area (Å²) in [5, 5.41) is 2.03. The molecule has 2 aromatic rings. The van der Waals surface area contributed by atoms with E-state index in [4.69, 9.17) is 6.42 Å². The molecule has 0 unspecified atom stereocenters. The van der Waals surface area contributed by atoms with Crippen LogP contribution in [0, 0.1) is 12.3 Å². The largest absolute Gasteiger partial charge is 0.319 e. The maximum absolute atomic E-state index is 5.25. The number of imidazole rings is 1. The van der Waals surface area contributed by atoms with Crippen molar-refractivity contribution in [1.29, 1.82) is 0 Å². The van der Waals surface area contributed by atoms with Crippen LogP contribution in [0.5, 0.6) is 0 Å².